The summed E-state index contributed by atoms with van der Waals surface area (Å²) in [6.45, 7) is 17.9. The molecule has 15 heavy (non-hydrogen) atoms. The van der Waals surface area contributed by atoms with Crippen molar-refractivity contribution >= 4 is 0 Å². The first-order chi connectivity index (χ1) is 6.82. The SMILES string of the molecule is CCC1C(C)N(C(C)(C)C(C)C)C[C@@H]1C. The Morgan fingerprint density at radius 1 is 1.27 bits per heavy atom. The molecule has 3 atom stereocenters. The van der Waals surface area contributed by atoms with Crippen molar-refractivity contribution in [1.29, 1.82) is 0 Å². The van der Waals surface area contributed by atoms with Crippen molar-refractivity contribution in [1.82, 2.24) is 4.90 Å². The van der Waals surface area contributed by atoms with Gasteiger partial charge >= 0.3 is 0 Å². The Bertz CT molecular complexity index is 207. The van der Waals surface area contributed by atoms with Crippen molar-refractivity contribution in [2.24, 2.45) is 17.8 Å². The fraction of sp³-hybridized carbons (Fsp3) is 1.00. The number of likely N-dealkylation sites (tertiary alicyclic amines) is 1. The average Bonchev–Trinajstić information content (AvgIpc) is 2.41. The van der Waals surface area contributed by atoms with Crippen LogP contribution < -0.4 is 0 Å². The van der Waals surface area contributed by atoms with Crippen molar-refractivity contribution in [3.8, 4) is 0 Å². The summed E-state index contributed by atoms with van der Waals surface area (Å²) in [5.74, 6) is 2.48. The van der Waals surface area contributed by atoms with Crippen molar-refractivity contribution in [3.05, 3.63) is 0 Å². The van der Waals surface area contributed by atoms with Gasteiger partial charge in [-0.05, 0) is 38.5 Å². The predicted molar refractivity (Wildman–Crippen MR) is 68.0 cm³/mol. The fourth-order valence-corrected chi connectivity index (χ4v) is 3.15. The second-order valence-corrected chi connectivity index (χ2v) is 6.25. The van der Waals surface area contributed by atoms with Gasteiger partial charge in [-0.2, -0.15) is 0 Å². The van der Waals surface area contributed by atoms with Crippen LogP contribution in [-0.2, 0) is 0 Å². The molecular weight excluding hydrogens is 182 g/mol. The molecule has 1 rings (SSSR count). The molecule has 1 aliphatic rings. The summed E-state index contributed by atoms with van der Waals surface area (Å²) in [5, 5.41) is 0. The third kappa shape index (κ3) is 2.22. The maximum absolute atomic E-state index is 2.73. The fourth-order valence-electron chi connectivity index (χ4n) is 3.15. The van der Waals surface area contributed by atoms with Gasteiger partial charge in [0.05, 0.1) is 0 Å². The van der Waals surface area contributed by atoms with E-state index in [0.29, 0.717) is 5.54 Å². The summed E-state index contributed by atoms with van der Waals surface area (Å²) in [5.41, 5.74) is 0.345. The van der Waals surface area contributed by atoms with Crippen LogP contribution in [-0.4, -0.2) is 23.0 Å². The minimum absolute atomic E-state index is 0.345. The minimum atomic E-state index is 0.345. The van der Waals surface area contributed by atoms with E-state index in [-0.39, 0.29) is 0 Å². The van der Waals surface area contributed by atoms with Crippen LogP contribution in [0.1, 0.15) is 54.9 Å². The van der Waals surface area contributed by atoms with Crippen LogP contribution in [0.3, 0.4) is 0 Å². The topological polar surface area (TPSA) is 3.24 Å². The van der Waals surface area contributed by atoms with Gasteiger partial charge in [-0.3, -0.25) is 4.90 Å². The Morgan fingerprint density at radius 3 is 2.13 bits per heavy atom. The summed E-state index contributed by atoms with van der Waals surface area (Å²) in [7, 11) is 0. The van der Waals surface area contributed by atoms with E-state index >= 15 is 0 Å². The zero-order valence-electron chi connectivity index (χ0n) is 11.7. The van der Waals surface area contributed by atoms with Gasteiger partial charge in [0.1, 0.15) is 0 Å². The molecule has 2 unspecified atom stereocenters. The third-order valence-electron chi connectivity index (χ3n) is 4.95. The molecule has 0 saturated carbocycles. The van der Waals surface area contributed by atoms with E-state index in [4.69, 9.17) is 0 Å². The van der Waals surface area contributed by atoms with Gasteiger partial charge in [0, 0.05) is 18.1 Å². The Labute approximate surface area is 96.2 Å². The highest BCUT2D eigenvalue weighted by atomic mass is 15.2. The van der Waals surface area contributed by atoms with E-state index in [0.717, 1.165) is 23.8 Å². The molecule has 0 aromatic rings. The normalized spacial score (nSPS) is 34.0. The molecule has 0 aliphatic carbocycles. The zero-order valence-corrected chi connectivity index (χ0v) is 11.7. The standard InChI is InChI=1S/C14H29N/c1-8-13-11(4)9-15(12(13)5)14(6,7)10(2)3/h10-13H,8-9H2,1-7H3/t11-,12?,13?/m0/s1. The molecule has 1 nitrogen and oxygen atoms in total. The Kier molecular flexibility index (Phi) is 3.86. The summed E-state index contributed by atoms with van der Waals surface area (Å²) in [4.78, 5) is 2.73. The number of hydrogen-bond acceptors (Lipinski definition) is 1. The summed E-state index contributed by atoms with van der Waals surface area (Å²) in [6.07, 6.45) is 1.33. The molecule has 0 amide bonds. The highest BCUT2D eigenvalue weighted by molar-refractivity contribution is 4.96. The summed E-state index contributed by atoms with van der Waals surface area (Å²) in [6, 6.07) is 0.752. The molecule has 1 aliphatic heterocycles. The minimum Gasteiger partial charge on any atom is -0.295 e. The lowest BCUT2D eigenvalue weighted by Gasteiger charge is -2.42. The van der Waals surface area contributed by atoms with E-state index in [1.54, 1.807) is 0 Å². The third-order valence-corrected chi connectivity index (χ3v) is 4.95. The summed E-state index contributed by atoms with van der Waals surface area (Å²) < 4.78 is 0. The maximum atomic E-state index is 2.73. The smallest absolute Gasteiger partial charge is 0.0179 e. The number of rotatable bonds is 3. The predicted octanol–water partition coefficient (Wildman–Crippen LogP) is 3.79. The number of hydrogen-bond donors (Lipinski definition) is 0. The Balaban J connectivity index is 2.82. The lowest BCUT2D eigenvalue weighted by atomic mass is 9.87. The van der Waals surface area contributed by atoms with Gasteiger partial charge in [0.25, 0.3) is 0 Å². The van der Waals surface area contributed by atoms with Crippen LogP contribution in [0.25, 0.3) is 0 Å². The molecule has 0 aromatic carbocycles. The quantitative estimate of drug-likeness (QED) is 0.686. The Morgan fingerprint density at radius 2 is 1.80 bits per heavy atom. The molecule has 1 heteroatoms. The first-order valence-corrected chi connectivity index (χ1v) is 6.59. The van der Waals surface area contributed by atoms with Crippen LogP contribution >= 0.6 is 0 Å². The van der Waals surface area contributed by atoms with Crippen LogP contribution in [0.2, 0.25) is 0 Å². The molecule has 1 saturated heterocycles. The summed E-state index contributed by atoms with van der Waals surface area (Å²) >= 11 is 0. The van der Waals surface area contributed by atoms with E-state index in [1.165, 1.54) is 13.0 Å². The maximum Gasteiger partial charge on any atom is 0.0179 e. The van der Waals surface area contributed by atoms with Gasteiger partial charge in [0.2, 0.25) is 0 Å². The Hall–Kier alpha value is -0.0400. The lowest BCUT2D eigenvalue weighted by molar-refractivity contribution is 0.0607. The van der Waals surface area contributed by atoms with Crippen molar-refractivity contribution in [2.75, 3.05) is 6.54 Å². The molecule has 1 heterocycles. The molecule has 0 bridgehead atoms. The van der Waals surface area contributed by atoms with Gasteiger partial charge in [-0.1, -0.05) is 34.1 Å². The van der Waals surface area contributed by atoms with Gasteiger partial charge < -0.3 is 0 Å². The zero-order chi connectivity index (χ0) is 11.8. The monoisotopic (exact) mass is 211 g/mol. The van der Waals surface area contributed by atoms with Gasteiger partial charge in [-0.15, -0.1) is 0 Å². The van der Waals surface area contributed by atoms with Crippen LogP contribution in [0.4, 0.5) is 0 Å². The van der Waals surface area contributed by atoms with E-state index < -0.39 is 0 Å². The molecule has 90 valence electrons. The number of nitrogens with zero attached hydrogens (tertiary/aromatic N) is 1. The largest absolute Gasteiger partial charge is 0.295 e. The second-order valence-electron chi connectivity index (χ2n) is 6.25. The van der Waals surface area contributed by atoms with Crippen LogP contribution in [0, 0.1) is 17.8 Å². The first-order valence-electron chi connectivity index (χ1n) is 6.59. The van der Waals surface area contributed by atoms with Crippen LogP contribution in [0.5, 0.6) is 0 Å². The van der Waals surface area contributed by atoms with Crippen LogP contribution in [0.15, 0.2) is 0 Å². The lowest BCUT2D eigenvalue weighted by Crippen LogP contribution is -2.50. The molecule has 0 N–H and O–H groups in total. The van der Waals surface area contributed by atoms with E-state index in [2.05, 4.69) is 53.4 Å². The first kappa shape index (κ1) is 13.0. The molecule has 0 spiro atoms. The highest BCUT2D eigenvalue weighted by Gasteiger charge is 2.43. The van der Waals surface area contributed by atoms with E-state index in [9.17, 15) is 0 Å². The molecular formula is C14H29N. The van der Waals surface area contributed by atoms with Crippen molar-refractivity contribution in [2.45, 2.75) is 66.5 Å². The molecule has 1 fully saturated rings. The van der Waals surface area contributed by atoms with E-state index in [1.807, 2.05) is 0 Å². The second kappa shape index (κ2) is 4.45. The van der Waals surface area contributed by atoms with Crippen molar-refractivity contribution in [3.63, 3.8) is 0 Å². The van der Waals surface area contributed by atoms with Gasteiger partial charge in [-0.25, -0.2) is 0 Å². The average molecular weight is 211 g/mol. The van der Waals surface area contributed by atoms with Gasteiger partial charge in [0.15, 0.2) is 0 Å². The highest BCUT2D eigenvalue weighted by Crippen LogP contribution is 2.38. The molecule has 0 radical (unpaired) electrons. The molecule has 0 aromatic heterocycles. The van der Waals surface area contributed by atoms with Crippen molar-refractivity contribution < 1.29 is 0 Å².